The molecular weight excluding hydrogens is 418 g/mol. The zero-order chi connectivity index (χ0) is 22.9. The molecule has 4 aromatic rings. The van der Waals surface area contributed by atoms with Gasteiger partial charge in [0.2, 0.25) is 11.4 Å². The molecule has 0 saturated carbocycles. The fourth-order valence-corrected chi connectivity index (χ4v) is 4.10. The zero-order valence-corrected chi connectivity index (χ0v) is 18.1. The Kier molecular flexibility index (Phi) is 5.35. The van der Waals surface area contributed by atoms with E-state index < -0.39 is 11.4 Å². The van der Waals surface area contributed by atoms with Crippen molar-refractivity contribution in [1.82, 2.24) is 19.9 Å². The van der Waals surface area contributed by atoms with Gasteiger partial charge in [-0.2, -0.15) is 4.98 Å². The molecule has 0 bridgehead atoms. The Morgan fingerprint density at radius 2 is 2.00 bits per heavy atom. The molecule has 2 aromatic heterocycles. The van der Waals surface area contributed by atoms with Crippen LogP contribution in [0.15, 0.2) is 59.7 Å². The molecule has 0 aliphatic carbocycles. The Morgan fingerprint density at radius 3 is 2.76 bits per heavy atom. The average molecular weight is 441 g/mol. The predicted octanol–water partition coefficient (Wildman–Crippen LogP) is 3.43. The minimum atomic E-state index is -1.29. The highest BCUT2D eigenvalue weighted by atomic mass is 16.4. The number of aryl methyl sites for hydroxylation is 1. The molecule has 8 heteroatoms. The molecule has 0 fully saturated rings. The molecular formula is C25H23N5O3. The lowest BCUT2D eigenvalue weighted by Gasteiger charge is -2.18. The number of nitrogens with zero attached hydrogens (tertiary/aromatic N) is 3. The van der Waals surface area contributed by atoms with E-state index in [1.807, 2.05) is 30.3 Å². The van der Waals surface area contributed by atoms with Crippen molar-refractivity contribution in [2.75, 3.05) is 11.9 Å². The smallest absolute Gasteiger partial charge is 0.341 e. The van der Waals surface area contributed by atoms with E-state index in [1.54, 1.807) is 4.57 Å². The number of carbonyl (C=O) groups is 1. The second kappa shape index (κ2) is 8.48. The highest BCUT2D eigenvalue weighted by Gasteiger charge is 2.18. The number of aromatic carboxylic acids is 1. The fraction of sp³-hybridized carbons (Fsp3) is 0.200. The maximum Gasteiger partial charge on any atom is 0.341 e. The number of rotatable bonds is 5. The molecule has 0 unspecified atom stereocenters. The molecule has 0 atom stereocenters. The van der Waals surface area contributed by atoms with Gasteiger partial charge < -0.3 is 20.3 Å². The van der Waals surface area contributed by atoms with Gasteiger partial charge in [-0.05, 0) is 60.3 Å². The Hall–Kier alpha value is -4.04. The number of hydrogen-bond acceptors (Lipinski definition) is 6. The predicted molar refractivity (Wildman–Crippen MR) is 127 cm³/mol. The molecule has 1 aliphatic rings. The molecule has 3 heterocycles. The van der Waals surface area contributed by atoms with Crippen LogP contribution in [0.5, 0.6) is 0 Å². The number of hydrogen-bond donors (Lipinski definition) is 3. The van der Waals surface area contributed by atoms with E-state index in [9.17, 15) is 14.7 Å². The van der Waals surface area contributed by atoms with Gasteiger partial charge in [0, 0.05) is 30.3 Å². The third-order valence-electron chi connectivity index (χ3n) is 5.95. The summed E-state index contributed by atoms with van der Waals surface area (Å²) in [6.45, 7) is 3.85. The summed E-state index contributed by atoms with van der Waals surface area (Å²) in [4.78, 5) is 33.4. The first kappa shape index (κ1) is 20.8. The van der Waals surface area contributed by atoms with E-state index in [4.69, 9.17) is 0 Å². The SMILES string of the molecule is CCc1ccc(-n2cc(C(=O)O)c(=O)c3cnc(Nc4ccc5c(c4)CNCC5)nc32)cc1. The molecule has 0 radical (unpaired) electrons. The molecule has 166 valence electrons. The van der Waals surface area contributed by atoms with Gasteiger partial charge in [-0.3, -0.25) is 4.79 Å². The van der Waals surface area contributed by atoms with Crippen molar-refractivity contribution >= 4 is 28.6 Å². The average Bonchev–Trinajstić information content (AvgIpc) is 2.84. The highest BCUT2D eigenvalue weighted by Crippen LogP contribution is 2.23. The third kappa shape index (κ3) is 3.96. The van der Waals surface area contributed by atoms with E-state index in [-0.39, 0.29) is 10.9 Å². The van der Waals surface area contributed by atoms with Crippen molar-refractivity contribution in [3.8, 4) is 5.69 Å². The molecule has 0 amide bonds. The lowest BCUT2D eigenvalue weighted by atomic mass is 10.0. The van der Waals surface area contributed by atoms with E-state index in [2.05, 4.69) is 39.7 Å². The first-order valence-electron chi connectivity index (χ1n) is 10.9. The minimum absolute atomic E-state index is 0.148. The van der Waals surface area contributed by atoms with Crippen LogP contribution in [0.25, 0.3) is 16.7 Å². The number of carboxylic acid groups (broad SMARTS) is 1. The quantitative estimate of drug-likeness (QED) is 0.435. The van der Waals surface area contributed by atoms with E-state index in [0.29, 0.717) is 17.3 Å². The summed E-state index contributed by atoms with van der Waals surface area (Å²) >= 11 is 0. The first-order valence-corrected chi connectivity index (χ1v) is 10.9. The topological polar surface area (TPSA) is 109 Å². The van der Waals surface area contributed by atoms with Crippen LogP contribution in [-0.2, 0) is 19.4 Å². The molecule has 5 rings (SSSR count). The van der Waals surface area contributed by atoms with Crippen LogP contribution in [0.2, 0.25) is 0 Å². The second-order valence-corrected chi connectivity index (χ2v) is 8.03. The maximum atomic E-state index is 12.8. The van der Waals surface area contributed by atoms with Gasteiger partial charge in [0.25, 0.3) is 0 Å². The van der Waals surface area contributed by atoms with Crippen LogP contribution in [-0.4, -0.2) is 32.2 Å². The first-order chi connectivity index (χ1) is 16.0. The number of nitrogens with one attached hydrogen (secondary N) is 2. The van der Waals surface area contributed by atoms with Crippen LogP contribution in [0.1, 0.15) is 34.0 Å². The van der Waals surface area contributed by atoms with Crippen molar-refractivity contribution in [1.29, 1.82) is 0 Å². The zero-order valence-electron chi connectivity index (χ0n) is 18.1. The Balaban J connectivity index is 1.62. The van der Waals surface area contributed by atoms with Gasteiger partial charge in [-0.15, -0.1) is 0 Å². The van der Waals surface area contributed by atoms with Gasteiger partial charge in [0.05, 0.1) is 5.39 Å². The van der Waals surface area contributed by atoms with Crippen LogP contribution in [0.4, 0.5) is 11.6 Å². The van der Waals surface area contributed by atoms with Gasteiger partial charge in [-0.1, -0.05) is 25.1 Å². The molecule has 33 heavy (non-hydrogen) atoms. The minimum Gasteiger partial charge on any atom is -0.477 e. The van der Waals surface area contributed by atoms with Crippen LogP contribution in [0, 0.1) is 0 Å². The van der Waals surface area contributed by atoms with Gasteiger partial charge >= 0.3 is 5.97 Å². The summed E-state index contributed by atoms with van der Waals surface area (Å²) in [7, 11) is 0. The number of anilines is 2. The van der Waals surface area contributed by atoms with E-state index in [1.165, 1.54) is 23.5 Å². The van der Waals surface area contributed by atoms with Crippen molar-refractivity contribution in [2.24, 2.45) is 0 Å². The van der Waals surface area contributed by atoms with Crippen molar-refractivity contribution in [2.45, 2.75) is 26.3 Å². The van der Waals surface area contributed by atoms with E-state index >= 15 is 0 Å². The number of pyridine rings is 1. The Labute approximate surface area is 189 Å². The van der Waals surface area contributed by atoms with Crippen molar-refractivity contribution in [3.05, 3.63) is 87.3 Å². The monoisotopic (exact) mass is 441 g/mol. The van der Waals surface area contributed by atoms with E-state index in [0.717, 1.165) is 37.2 Å². The fourth-order valence-electron chi connectivity index (χ4n) is 4.10. The van der Waals surface area contributed by atoms with Crippen molar-refractivity contribution in [3.63, 3.8) is 0 Å². The number of carboxylic acids is 1. The molecule has 3 N–H and O–H groups in total. The normalized spacial score (nSPS) is 13.0. The maximum absolute atomic E-state index is 12.8. The second-order valence-electron chi connectivity index (χ2n) is 8.03. The van der Waals surface area contributed by atoms with Gasteiger partial charge in [-0.25, -0.2) is 9.78 Å². The van der Waals surface area contributed by atoms with Crippen LogP contribution in [0.3, 0.4) is 0 Å². The molecule has 0 spiro atoms. The molecule has 8 nitrogen and oxygen atoms in total. The molecule has 2 aromatic carbocycles. The Bertz CT molecular complexity index is 1430. The summed E-state index contributed by atoms with van der Waals surface area (Å²) in [5.41, 5.74) is 4.67. The summed E-state index contributed by atoms with van der Waals surface area (Å²) in [5, 5.41) is 16.3. The third-order valence-corrected chi connectivity index (χ3v) is 5.95. The molecule has 0 saturated heterocycles. The summed E-state index contributed by atoms with van der Waals surface area (Å²) in [5.74, 6) is -0.960. The van der Waals surface area contributed by atoms with Gasteiger partial charge in [0.15, 0.2) is 5.65 Å². The summed E-state index contributed by atoms with van der Waals surface area (Å²) in [6, 6.07) is 13.9. The van der Waals surface area contributed by atoms with Crippen molar-refractivity contribution < 1.29 is 9.90 Å². The number of benzene rings is 2. The summed E-state index contributed by atoms with van der Waals surface area (Å²) < 4.78 is 1.63. The van der Waals surface area contributed by atoms with Gasteiger partial charge in [0.1, 0.15) is 5.56 Å². The standard InChI is InChI=1S/C25H23N5O3/c1-2-15-3-7-19(8-4-15)30-14-21(24(32)33)22(31)20-13-27-25(29-23(20)30)28-18-6-5-16-9-10-26-12-17(16)11-18/h3-8,11,13-14,26H,2,9-10,12H2,1H3,(H,32,33)(H,27,28,29). The Morgan fingerprint density at radius 1 is 1.18 bits per heavy atom. The largest absolute Gasteiger partial charge is 0.477 e. The number of fused-ring (bicyclic) bond motifs is 2. The summed E-state index contributed by atoms with van der Waals surface area (Å²) in [6.07, 6.45) is 4.60. The lowest BCUT2D eigenvalue weighted by Crippen LogP contribution is -2.23. The highest BCUT2D eigenvalue weighted by molar-refractivity contribution is 5.92. The lowest BCUT2D eigenvalue weighted by molar-refractivity contribution is 0.0695. The molecule has 1 aliphatic heterocycles. The van der Waals surface area contributed by atoms with Crippen LogP contribution >= 0.6 is 0 Å². The number of aromatic nitrogens is 3. The van der Waals surface area contributed by atoms with Crippen LogP contribution < -0.4 is 16.1 Å².